The van der Waals surface area contributed by atoms with E-state index in [1.54, 1.807) is 0 Å². The molecule has 2 aromatic rings. The Morgan fingerprint density at radius 2 is 2.26 bits per heavy atom. The van der Waals surface area contributed by atoms with Crippen molar-refractivity contribution in [3.63, 3.8) is 0 Å². The van der Waals surface area contributed by atoms with Crippen molar-refractivity contribution < 1.29 is 0 Å². The third-order valence-electron chi connectivity index (χ3n) is 4.04. The van der Waals surface area contributed by atoms with E-state index in [9.17, 15) is 0 Å². The summed E-state index contributed by atoms with van der Waals surface area (Å²) in [4.78, 5) is 0. The van der Waals surface area contributed by atoms with Crippen molar-refractivity contribution in [3.05, 3.63) is 48.3 Å². The van der Waals surface area contributed by atoms with E-state index in [0.29, 0.717) is 6.04 Å². The summed E-state index contributed by atoms with van der Waals surface area (Å²) in [6.45, 7) is 3.18. The molecule has 1 N–H and O–H groups in total. The van der Waals surface area contributed by atoms with Crippen molar-refractivity contribution in [1.29, 1.82) is 0 Å². The van der Waals surface area contributed by atoms with Crippen molar-refractivity contribution in [2.45, 2.75) is 38.8 Å². The molecule has 0 saturated heterocycles. The number of anilines is 1. The van der Waals surface area contributed by atoms with Crippen LogP contribution in [-0.2, 0) is 6.54 Å². The third-order valence-corrected chi connectivity index (χ3v) is 4.04. The van der Waals surface area contributed by atoms with Gasteiger partial charge in [0, 0.05) is 24.1 Å². The summed E-state index contributed by atoms with van der Waals surface area (Å²) in [5.41, 5.74) is 2.53. The molecule has 0 radical (unpaired) electrons. The van der Waals surface area contributed by atoms with Crippen molar-refractivity contribution in [3.8, 4) is 0 Å². The maximum absolute atomic E-state index is 4.25. The lowest BCUT2D eigenvalue weighted by atomic mass is 10.1. The maximum Gasteiger partial charge on any atom is 0.0660 e. The molecule has 3 heteroatoms. The molecule has 0 aliphatic heterocycles. The summed E-state index contributed by atoms with van der Waals surface area (Å²) in [5, 5.41) is 7.93. The second-order valence-electron chi connectivity index (χ2n) is 5.56. The van der Waals surface area contributed by atoms with Gasteiger partial charge in [0.2, 0.25) is 0 Å². The smallest absolute Gasteiger partial charge is 0.0660 e. The first-order valence-corrected chi connectivity index (χ1v) is 7.14. The topological polar surface area (TPSA) is 29.9 Å². The van der Waals surface area contributed by atoms with Gasteiger partial charge in [-0.1, -0.05) is 25.5 Å². The Morgan fingerprint density at radius 1 is 1.32 bits per heavy atom. The van der Waals surface area contributed by atoms with Crippen LogP contribution in [0.5, 0.6) is 0 Å². The molecule has 3 nitrogen and oxygen atoms in total. The summed E-state index contributed by atoms with van der Waals surface area (Å²) in [5.74, 6) is 0.787. The van der Waals surface area contributed by atoms with Crippen molar-refractivity contribution in [1.82, 2.24) is 9.78 Å². The number of hydrogen-bond donors (Lipinski definition) is 1. The van der Waals surface area contributed by atoms with E-state index in [2.05, 4.69) is 41.6 Å². The summed E-state index contributed by atoms with van der Waals surface area (Å²) < 4.78 is 1.96. The lowest BCUT2D eigenvalue weighted by Gasteiger charge is -2.19. The maximum atomic E-state index is 4.25. The highest BCUT2D eigenvalue weighted by atomic mass is 15.3. The fourth-order valence-electron chi connectivity index (χ4n) is 2.91. The quantitative estimate of drug-likeness (QED) is 0.905. The van der Waals surface area contributed by atoms with Gasteiger partial charge in [-0.15, -0.1) is 0 Å². The zero-order valence-corrected chi connectivity index (χ0v) is 11.4. The molecule has 3 rings (SSSR count). The average Bonchev–Trinajstić information content (AvgIpc) is 3.03. The second-order valence-corrected chi connectivity index (χ2v) is 5.56. The molecule has 1 heterocycles. The molecule has 1 aliphatic rings. The largest absolute Gasteiger partial charge is 0.382 e. The van der Waals surface area contributed by atoms with E-state index in [1.165, 1.54) is 30.5 Å². The molecule has 19 heavy (non-hydrogen) atoms. The minimum absolute atomic E-state index is 0.639. The zero-order valence-electron chi connectivity index (χ0n) is 11.4. The third kappa shape index (κ3) is 2.98. The van der Waals surface area contributed by atoms with Gasteiger partial charge < -0.3 is 5.32 Å². The Hall–Kier alpha value is -1.77. The van der Waals surface area contributed by atoms with Crippen molar-refractivity contribution in [2.24, 2.45) is 5.92 Å². The van der Waals surface area contributed by atoms with E-state index >= 15 is 0 Å². The predicted octanol–water partition coefficient (Wildman–Crippen LogP) is 3.53. The molecule has 100 valence electrons. The van der Waals surface area contributed by atoms with E-state index in [1.807, 2.05) is 23.1 Å². The number of hydrogen-bond acceptors (Lipinski definition) is 2. The number of benzene rings is 1. The molecule has 0 spiro atoms. The van der Waals surface area contributed by atoms with Crippen LogP contribution in [-0.4, -0.2) is 15.8 Å². The van der Waals surface area contributed by atoms with Gasteiger partial charge in [0.15, 0.2) is 0 Å². The van der Waals surface area contributed by atoms with E-state index in [-0.39, 0.29) is 0 Å². The summed E-state index contributed by atoms with van der Waals surface area (Å²) in [6.07, 6.45) is 7.82. The lowest BCUT2D eigenvalue weighted by Crippen LogP contribution is -2.21. The number of nitrogens with zero attached hydrogens (tertiary/aromatic N) is 2. The molecule has 2 unspecified atom stereocenters. The molecule has 0 bridgehead atoms. The van der Waals surface area contributed by atoms with E-state index in [4.69, 9.17) is 0 Å². The molecule has 2 atom stereocenters. The molecule has 0 amide bonds. The van der Waals surface area contributed by atoms with Crippen LogP contribution in [0.25, 0.3) is 0 Å². The van der Waals surface area contributed by atoms with Crippen LogP contribution in [0, 0.1) is 5.92 Å². The summed E-state index contributed by atoms with van der Waals surface area (Å²) >= 11 is 0. The molecule has 1 aromatic heterocycles. The fraction of sp³-hybridized carbons (Fsp3) is 0.438. The molecular formula is C16H21N3. The number of aromatic nitrogens is 2. The van der Waals surface area contributed by atoms with E-state index in [0.717, 1.165) is 12.5 Å². The van der Waals surface area contributed by atoms with Crippen LogP contribution >= 0.6 is 0 Å². The Bertz CT molecular complexity index is 519. The number of rotatable bonds is 4. The van der Waals surface area contributed by atoms with Gasteiger partial charge in [0.05, 0.1) is 6.54 Å². The molecule has 1 aromatic carbocycles. The van der Waals surface area contributed by atoms with E-state index < -0.39 is 0 Å². The van der Waals surface area contributed by atoms with Crippen LogP contribution in [0.1, 0.15) is 31.7 Å². The lowest BCUT2D eigenvalue weighted by molar-refractivity contribution is 0.556. The summed E-state index contributed by atoms with van der Waals surface area (Å²) in [7, 11) is 0. The standard InChI is InChI=1S/C16H21N3/c1-13-5-2-8-16(13)18-15-7-3-6-14(11-15)12-19-10-4-9-17-19/h3-4,6-7,9-11,13,16,18H,2,5,8,12H2,1H3. The highest BCUT2D eigenvalue weighted by Crippen LogP contribution is 2.28. The predicted molar refractivity (Wildman–Crippen MR) is 78.2 cm³/mol. The average molecular weight is 255 g/mol. The Morgan fingerprint density at radius 3 is 3.00 bits per heavy atom. The first-order chi connectivity index (χ1) is 9.31. The van der Waals surface area contributed by atoms with Gasteiger partial charge in [0.25, 0.3) is 0 Å². The van der Waals surface area contributed by atoms with Gasteiger partial charge in [-0.25, -0.2) is 0 Å². The normalized spacial score (nSPS) is 22.6. The van der Waals surface area contributed by atoms with Gasteiger partial charge in [-0.05, 0) is 42.5 Å². The molecule has 1 aliphatic carbocycles. The SMILES string of the molecule is CC1CCCC1Nc1cccc(Cn2cccn2)c1. The molecule has 1 fully saturated rings. The summed E-state index contributed by atoms with van der Waals surface area (Å²) in [6, 6.07) is 11.3. The molecule has 1 saturated carbocycles. The van der Waals surface area contributed by atoms with Gasteiger partial charge in [-0.3, -0.25) is 4.68 Å². The van der Waals surface area contributed by atoms with Crippen LogP contribution in [0.15, 0.2) is 42.7 Å². The van der Waals surface area contributed by atoms with Gasteiger partial charge >= 0.3 is 0 Å². The van der Waals surface area contributed by atoms with Crippen molar-refractivity contribution >= 4 is 5.69 Å². The zero-order chi connectivity index (χ0) is 13.1. The first-order valence-electron chi connectivity index (χ1n) is 7.14. The monoisotopic (exact) mass is 255 g/mol. The highest BCUT2D eigenvalue weighted by Gasteiger charge is 2.22. The second kappa shape index (κ2) is 5.47. The first kappa shape index (κ1) is 12.3. The number of nitrogens with one attached hydrogen (secondary N) is 1. The van der Waals surface area contributed by atoms with Crippen LogP contribution < -0.4 is 5.32 Å². The van der Waals surface area contributed by atoms with Gasteiger partial charge in [-0.2, -0.15) is 5.10 Å². The fourth-order valence-corrected chi connectivity index (χ4v) is 2.91. The molecular weight excluding hydrogens is 234 g/mol. The Labute approximate surface area is 114 Å². The highest BCUT2D eigenvalue weighted by molar-refractivity contribution is 5.46. The van der Waals surface area contributed by atoms with Crippen LogP contribution in [0.3, 0.4) is 0 Å². The van der Waals surface area contributed by atoms with Crippen LogP contribution in [0.4, 0.5) is 5.69 Å². The van der Waals surface area contributed by atoms with Gasteiger partial charge in [0.1, 0.15) is 0 Å². The minimum Gasteiger partial charge on any atom is -0.382 e. The van der Waals surface area contributed by atoms with Crippen LogP contribution in [0.2, 0.25) is 0 Å². The minimum atomic E-state index is 0.639. The van der Waals surface area contributed by atoms with Crippen molar-refractivity contribution in [2.75, 3.05) is 5.32 Å². The Balaban J connectivity index is 1.69. The Kier molecular flexibility index (Phi) is 3.53.